The molecule has 0 aliphatic carbocycles. The lowest BCUT2D eigenvalue weighted by Crippen LogP contribution is -2.40. The van der Waals surface area contributed by atoms with Gasteiger partial charge in [-0.15, -0.1) is 0 Å². The van der Waals surface area contributed by atoms with E-state index in [1.165, 1.54) is 12.6 Å². The van der Waals surface area contributed by atoms with Gasteiger partial charge in [-0.25, -0.2) is 0 Å². The largest absolute Gasteiger partial charge is 0.347 e. The van der Waals surface area contributed by atoms with Crippen molar-refractivity contribution in [2.45, 2.75) is 25.3 Å². The Balaban J connectivity index is 1.87. The van der Waals surface area contributed by atoms with Crippen molar-refractivity contribution in [2.75, 3.05) is 13.1 Å². The number of nitrogens with one attached hydrogen (secondary N) is 3. The molecule has 6 nitrogen and oxygen atoms in total. The Bertz CT molecular complexity index is 302. The van der Waals surface area contributed by atoms with E-state index in [0.717, 1.165) is 25.9 Å². The van der Waals surface area contributed by atoms with Crippen LogP contribution in [0.25, 0.3) is 0 Å². The molecule has 0 spiro atoms. The highest BCUT2D eigenvalue weighted by molar-refractivity contribution is 5.92. The second-order valence-corrected chi connectivity index (χ2v) is 3.73. The minimum absolute atomic E-state index is 0.155. The average molecular weight is 209 g/mol. The fourth-order valence-electron chi connectivity index (χ4n) is 1.71. The van der Waals surface area contributed by atoms with Crippen LogP contribution in [0.2, 0.25) is 0 Å². The summed E-state index contributed by atoms with van der Waals surface area (Å²) in [5, 5.41) is 16.0. The summed E-state index contributed by atoms with van der Waals surface area (Å²) >= 11 is 0. The van der Waals surface area contributed by atoms with Crippen molar-refractivity contribution in [1.29, 1.82) is 0 Å². The molecule has 1 saturated heterocycles. The number of aromatic nitrogens is 3. The van der Waals surface area contributed by atoms with Crippen molar-refractivity contribution in [2.24, 2.45) is 0 Å². The van der Waals surface area contributed by atoms with Gasteiger partial charge in [0.15, 0.2) is 5.69 Å². The number of carbonyl (C=O) groups excluding carboxylic acids is 1. The van der Waals surface area contributed by atoms with Gasteiger partial charge in [-0.05, 0) is 19.4 Å². The van der Waals surface area contributed by atoms with Crippen molar-refractivity contribution in [3.63, 3.8) is 0 Å². The molecule has 1 fully saturated rings. The quantitative estimate of drug-likeness (QED) is 0.623. The molecule has 82 valence electrons. The smallest absolute Gasteiger partial charge is 0.273 e. The number of amides is 1. The molecule has 2 rings (SSSR count). The van der Waals surface area contributed by atoms with E-state index < -0.39 is 0 Å². The first-order valence-electron chi connectivity index (χ1n) is 5.23. The average Bonchev–Trinajstić information content (AvgIpc) is 2.65. The van der Waals surface area contributed by atoms with Crippen LogP contribution in [0.5, 0.6) is 0 Å². The molecule has 2 heterocycles. The van der Waals surface area contributed by atoms with E-state index in [0.29, 0.717) is 5.69 Å². The fraction of sp³-hybridized carbons (Fsp3) is 0.667. The predicted octanol–water partition coefficient (Wildman–Crippen LogP) is -0.323. The van der Waals surface area contributed by atoms with Crippen molar-refractivity contribution >= 4 is 5.91 Å². The summed E-state index contributed by atoms with van der Waals surface area (Å²) < 4.78 is 0. The normalized spacial score (nSPS) is 22.0. The van der Waals surface area contributed by atoms with Gasteiger partial charge in [0.25, 0.3) is 5.91 Å². The van der Waals surface area contributed by atoms with E-state index >= 15 is 0 Å². The molecule has 1 aromatic rings. The van der Waals surface area contributed by atoms with Gasteiger partial charge in [0, 0.05) is 12.6 Å². The Morgan fingerprint density at radius 3 is 3.27 bits per heavy atom. The molecule has 1 aliphatic heterocycles. The van der Waals surface area contributed by atoms with Gasteiger partial charge >= 0.3 is 0 Å². The van der Waals surface area contributed by atoms with E-state index in [1.54, 1.807) is 0 Å². The standard InChI is InChI=1S/C9H15N5O/c15-9(8-6-11-14-13-8)12-7-3-1-2-4-10-5-7/h6-7,10H,1-5H2,(H,12,15)(H,11,13,14). The van der Waals surface area contributed by atoms with Crippen LogP contribution in [0.1, 0.15) is 29.8 Å². The van der Waals surface area contributed by atoms with E-state index in [4.69, 9.17) is 0 Å². The summed E-state index contributed by atoms with van der Waals surface area (Å²) in [5.74, 6) is -0.155. The highest BCUT2D eigenvalue weighted by Gasteiger charge is 2.16. The number of carbonyl (C=O) groups is 1. The molecular formula is C9H15N5O. The number of nitrogens with zero attached hydrogens (tertiary/aromatic N) is 2. The minimum atomic E-state index is -0.155. The van der Waals surface area contributed by atoms with Gasteiger partial charge in [0.2, 0.25) is 0 Å². The van der Waals surface area contributed by atoms with Crippen LogP contribution in [-0.4, -0.2) is 40.4 Å². The van der Waals surface area contributed by atoms with E-state index in [1.807, 2.05) is 0 Å². The number of hydrogen-bond acceptors (Lipinski definition) is 4. The third-order valence-electron chi connectivity index (χ3n) is 2.53. The van der Waals surface area contributed by atoms with Gasteiger partial charge in [-0.1, -0.05) is 6.42 Å². The van der Waals surface area contributed by atoms with Crippen molar-refractivity contribution in [3.8, 4) is 0 Å². The van der Waals surface area contributed by atoms with Gasteiger partial charge in [-0.2, -0.15) is 15.4 Å². The zero-order valence-corrected chi connectivity index (χ0v) is 8.49. The van der Waals surface area contributed by atoms with Gasteiger partial charge in [0.1, 0.15) is 0 Å². The summed E-state index contributed by atoms with van der Waals surface area (Å²) in [7, 11) is 0. The molecule has 0 radical (unpaired) electrons. The van der Waals surface area contributed by atoms with Crippen LogP contribution in [0.3, 0.4) is 0 Å². The number of H-pyrrole nitrogens is 1. The number of hydrogen-bond donors (Lipinski definition) is 3. The molecule has 0 bridgehead atoms. The SMILES string of the molecule is O=C(NC1CCCCNC1)c1cn[nH]n1. The Morgan fingerprint density at radius 1 is 1.53 bits per heavy atom. The highest BCUT2D eigenvalue weighted by atomic mass is 16.2. The third kappa shape index (κ3) is 2.76. The Kier molecular flexibility index (Phi) is 3.29. The summed E-state index contributed by atoms with van der Waals surface area (Å²) in [6.07, 6.45) is 4.78. The maximum atomic E-state index is 11.6. The molecule has 6 heteroatoms. The second-order valence-electron chi connectivity index (χ2n) is 3.73. The van der Waals surface area contributed by atoms with Crippen molar-refractivity contribution < 1.29 is 4.79 Å². The molecule has 3 N–H and O–H groups in total. The molecule has 0 aromatic carbocycles. The number of rotatable bonds is 2. The summed E-state index contributed by atoms with van der Waals surface area (Å²) in [6.45, 7) is 1.87. The topological polar surface area (TPSA) is 82.7 Å². The first-order valence-corrected chi connectivity index (χ1v) is 5.23. The lowest BCUT2D eigenvalue weighted by Gasteiger charge is -2.14. The van der Waals surface area contributed by atoms with Crippen LogP contribution in [0.4, 0.5) is 0 Å². The van der Waals surface area contributed by atoms with Crippen LogP contribution < -0.4 is 10.6 Å². The van der Waals surface area contributed by atoms with Crippen LogP contribution in [0, 0.1) is 0 Å². The lowest BCUT2D eigenvalue weighted by molar-refractivity contribution is 0.0930. The molecular weight excluding hydrogens is 194 g/mol. The molecule has 1 aliphatic rings. The van der Waals surface area contributed by atoms with Crippen LogP contribution in [-0.2, 0) is 0 Å². The van der Waals surface area contributed by atoms with Gasteiger partial charge in [0.05, 0.1) is 6.20 Å². The minimum Gasteiger partial charge on any atom is -0.347 e. The zero-order valence-electron chi connectivity index (χ0n) is 8.49. The second kappa shape index (κ2) is 4.88. The highest BCUT2D eigenvalue weighted by Crippen LogP contribution is 2.04. The van der Waals surface area contributed by atoms with Gasteiger partial charge < -0.3 is 10.6 Å². The molecule has 1 aromatic heterocycles. The monoisotopic (exact) mass is 209 g/mol. The maximum Gasteiger partial charge on any atom is 0.273 e. The van der Waals surface area contributed by atoms with Crippen LogP contribution >= 0.6 is 0 Å². The Labute approximate surface area is 87.8 Å². The number of aromatic amines is 1. The summed E-state index contributed by atoms with van der Waals surface area (Å²) in [5.41, 5.74) is 0.347. The van der Waals surface area contributed by atoms with E-state index in [9.17, 15) is 4.79 Å². The lowest BCUT2D eigenvalue weighted by atomic mass is 10.1. The molecule has 1 atom stereocenters. The fourth-order valence-corrected chi connectivity index (χ4v) is 1.71. The van der Waals surface area contributed by atoms with Gasteiger partial charge in [-0.3, -0.25) is 4.79 Å². The summed E-state index contributed by atoms with van der Waals surface area (Å²) in [6, 6.07) is 0.205. The molecule has 15 heavy (non-hydrogen) atoms. The zero-order chi connectivity index (χ0) is 10.5. The third-order valence-corrected chi connectivity index (χ3v) is 2.53. The molecule has 1 amide bonds. The first-order chi connectivity index (χ1) is 7.36. The van der Waals surface area contributed by atoms with Crippen molar-refractivity contribution in [3.05, 3.63) is 11.9 Å². The Hall–Kier alpha value is -1.43. The summed E-state index contributed by atoms with van der Waals surface area (Å²) in [4.78, 5) is 11.6. The maximum absolute atomic E-state index is 11.6. The van der Waals surface area contributed by atoms with E-state index in [2.05, 4.69) is 26.0 Å². The predicted molar refractivity (Wildman–Crippen MR) is 54.4 cm³/mol. The molecule has 1 unspecified atom stereocenters. The molecule has 0 saturated carbocycles. The van der Waals surface area contributed by atoms with Crippen LogP contribution in [0.15, 0.2) is 6.20 Å². The first kappa shape index (κ1) is 10.1. The van der Waals surface area contributed by atoms with Crippen molar-refractivity contribution in [1.82, 2.24) is 26.0 Å². The Morgan fingerprint density at radius 2 is 2.47 bits per heavy atom. The van der Waals surface area contributed by atoms with E-state index in [-0.39, 0.29) is 11.9 Å².